The Bertz CT molecular complexity index is 1140. The number of carbonyl (C=O) groups is 3. The third kappa shape index (κ3) is 45.9. The van der Waals surface area contributed by atoms with E-state index in [4.69, 9.17) is 14.2 Å². The van der Waals surface area contributed by atoms with E-state index >= 15 is 0 Å². The Hall–Kier alpha value is -3.15. The van der Waals surface area contributed by atoms with Crippen LogP contribution in [0.5, 0.6) is 0 Å². The molecule has 0 aliphatic carbocycles. The van der Waals surface area contributed by atoms with Gasteiger partial charge in [-0.3, -0.25) is 14.4 Å². The van der Waals surface area contributed by atoms with Crippen LogP contribution in [0.4, 0.5) is 0 Å². The maximum atomic E-state index is 12.7. The number of rotatable bonds is 44. The van der Waals surface area contributed by atoms with Crippen LogP contribution in [0.15, 0.2) is 72.9 Å². The van der Waals surface area contributed by atoms with Gasteiger partial charge in [0.15, 0.2) is 6.10 Å². The van der Waals surface area contributed by atoms with Gasteiger partial charge in [0.25, 0.3) is 0 Å². The number of esters is 3. The molecule has 1 atom stereocenters. The zero-order valence-electron chi connectivity index (χ0n) is 39.2. The molecule has 0 N–H and O–H groups in total. The van der Waals surface area contributed by atoms with Crippen molar-refractivity contribution in [1.29, 1.82) is 0 Å². The molecule has 0 bridgehead atoms. The normalized spacial score (nSPS) is 12.7. The second-order valence-corrected chi connectivity index (χ2v) is 16.4. The van der Waals surface area contributed by atoms with Crippen molar-refractivity contribution >= 4 is 17.9 Å². The Morgan fingerprint density at radius 3 is 1.02 bits per heavy atom. The Balaban J connectivity index is 4.19. The Labute approximate surface area is 370 Å². The predicted molar refractivity (Wildman–Crippen MR) is 256 cm³/mol. The van der Waals surface area contributed by atoms with Crippen molar-refractivity contribution in [2.75, 3.05) is 13.2 Å². The first-order valence-corrected chi connectivity index (χ1v) is 24.9. The number of ether oxygens (including phenoxy) is 3. The molecule has 0 rings (SSSR count). The lowest BCUT2D eigenvalue weighted by molar-refractivity contribution is -0.167. The average Bonchev–Trinajstić information content (AvgIpc) is 3.24. The maximum absolute atomic E-state index is 12.7. The van der Waals surface area contributed by atoms with Crippen LogP contribution >= 0.6 is 0 Å². The maximum Gasteiger partial charge on any atom is 0.306 e. The van der Waals surface area contributed by atoms with Gasteiger partial charge in [0.05, 0.1) is 0 Å². The third-order valence-electron chi connectivity index (χ3n) is 10.5. The Morgan fingerprint density at radius 1 is 0.350 bits per heavy atom. The highest BCUT2D eigenvalue weighted by Crippen LogP contribution is 2.14. The summed E-state index contributed by atoms with van der Waals surface area (Å²) in [6, 6.07) is 0. The van der Waals surface area contributed by atoms with E-state index in [2.05, 4.69) is 93.7 Å². The Morgan fingerprint density at radius 2 is 0.650 bits per heavy atom. The fourth-order valence-corrected chi connectivity index (χ4v) is 6.74. The quantitative estimate of drug-likeness (QED) is 0.0263. The predicted octanol–water partition coefficient (Wildman–Crippen LogP) is 16.3. The first-order valence-electron chi connectivity index (χ1n) is 24.9. The molecule has 0 saturated carbocycles. The molecule has 1 unspecified atom stereocenters. The summed E-state index contributed by atoms with van der Waals surface area (Å²) in [6.45, 7) is 6.45. The van der Waals surface area contributed by atoms with Crippen molar-refractivity contribution in [1.82, 2.24) is 0 Å². The summed E-state index contributed by atoms with van der Waals surface area (Å²) in [7, 11) is 0. The summed E-state index contributed by atoms with van der Waals surface area (Å²) >= 11 is 0. The minimum atomic E-state index is -0.774. The van der Waals surface area contributed by atoms with Gasteiger partial charge in [-0.05, 0) is 70.6 Å². The summed E-state index contributed by atoms with van der Waals surface area (Å²) in [5.74, 6) is -0.902. The van der Waals surface area contributed by atoms with Crippen LogP contribution in [0.25, 0.3) is 0 Å². The number of allylic oxidation sites excluding steroid dienone is 12. The summed E-state index contributed by atoms with van der Waals surface area (Å²) in [5, 5.41) is 0. The molecule has 0 radical (unpaired) electrons. The number of carbonyl (C=O) groups excluding carboxylic acids is 3. The molecule has 0 fully saturated rings. The van der Waals surface area contributed by atoms with Crippen molar-refractivity contribution < 1.29 is 28.6 Å². The molecular weight excluding hydrogens is 745 g/mol. The molecule has 6 heteroatoms. The lowest BCUT2D eigenvalue weighted by Crippen LogP contribution is -2.30. The topological polar surface area (TPSA) is 78.9 Å². The van der Waals surface area contributed by atoms with Crippen LogP contribution in [0.3, 0.4) is 0 Å². The van der Waals surface area contributed by atoms with Gasteiger partial charge in [-0.15, -0.1) is 0 Å². The molecular formula is C54H92O6. The summed E-state index contributed by atoms with van der Waals surface area (Å²) in [6.07, 6.45) is 60.5. The highest BCUT2D eigenvalue weighted by Gasteiger charge is 2.19. The van der Waals surface area contributed by atoms with Crippen molar-refractivity contribution in [2.24, 2.45) is 0 Å². The monoisotopic (exact) mass is 837 g/mol. The minimum absolute atomic E-state index is 0.0784. The van der Waals surface area contributed by atoms with Crippen LogP contribution in [0.2, 0.25) is 0 Å². The van der Waals surface area contributed by atoms with Gasteiger partial charge in [0, 0.05) is 19.3 Å². The molecule has 0 aliphatic rings. The van der Waals surface area contributed by atoms with Gasteiger partial charge in [-0.1, -0.05) is 216 Å². The van der Waals surface area contributed by atoms with Gasteiger partial charge < -0.3 is 14.2 Å². The van der Waals surface area contributed by atoms with Crippen LogP contribution in [-0.2, 0) is 28.6 Å². The summed E-state index contributed by atoms with van der Waals surface area (Å²) in [4.78, 5) is 37.7. The van der Waals surface area contributed by atoms with Crippen molar-refractivity contribution in [3.8, 4) is 0 Å². The fraction of sp³-hybridized carbons (Fsp3) is 0.722. The first kappa shape index (κ1) is 56.9. The van der Waals surface area contributed by atoms with E-state index in [0.29, 0.717) is 19.3 Å². The van der Waals surface area contributed by atoms with Crippen LogP contribution in [-0.4, -0.2) is 37.2 Å². The van der Waals surface area contributed by atoms with E-state index in [1.165, 1.54) is 89.9 Å². The minimum Gasteiger partial charge on any atom is -0.462 e. The average molecular weight is 837 g/mol. The second kappa shape index (κ2) is 48.5. The molecule has 0 amide bonds. The van der Waals surface area contributed by atoms with Crippen molar-refractivity contribution in [3.05, 3.63) is 72.9 Å². The van der Waals surface area contributed by atoms with Gasteiger partial charge in [0.1, 0.15) is 13.2 Å². The van der Waals surface area contributed by atoms with Crippen LogP contribution in [0.1, 0.15) is 233 Å². The highest BCUT2D eigenvalue weighted by atomic mass is 16.6. The molecule has 0 spiro atoms. The summed E-state index contributed by atoms with van der Waals surface area (Å²) in [5.41, 5.74) is 0. The molecule has 0 aromatic carbocycles. The van der Waals surface area contributed by atoms with Crippen LogP contribution in [0, 0.1) is 0 Å². The highest BCUT2D eigenvalue weighted by molar-refractivity contribution is 5.71. The van der Waals surface area contributed by atoms with Gasteiger partial charge in [-0.2, -0.15) is 0 Å². The van der Waals surface area contributed by atoms with E-state index in [1.54, 1.807) is 0 Å². The van der Waals surface area contributed by atoms with E-state index in [9.17, 15) is 14.4 Å². The molecule has 0 aliphatic heterocycles. The van der Waals surface area contributed by atoms with E-state index in [0.717, 1.165) is 103 Å². The van der Waals surface area contributed by atoms with Gasteiger partial charge >= 0.3 is 17.9 Å². The van der Waals surface area contributed by atoms with E-state index in [-0.39, 0.29) is 31.1 Å². The van der Waals surface area contributed by atoms with Gasteiger partial charge in [-0.25, -0.2) is 0 Å². The number of hydrogen-bond acceptors (Lipinski definition) is 6. The number of hydrogen-bond donors (Lipinski definition) is 0. The van der Waals surface area contributed by atoms with Crippen molar-refractivity contribution in [2.45, 2.75) is 239 Å². The second-order valence-electron chi connectivity index (χ2n) is 16.4. The lowest BCUT2D eigenvalue weighted by Gasteiger charge is -2.18. The SMILES string of the molecule is CC/C=C\C/C=C\C/C=C\C/C=C\C/C=C\C/C=C\CCCCCCCCC(=O)OCC(COC(=O)CCCCCCCCC)OC(=O)CCCCCCCCCCCC. The zero-order valence-corrected chi connectivity index (χ0v) is 39.2. The van der Waals surface area contributed by atoms with Crippen LogP contribution < -0.4 is 0 Å². The number of unbranched alkanes of at least 4 members (excludes halogenated alkanes) is 21. The molecule has 6 nitrogen and oxygen atoms in total. The molecule has 0 saturated heterocycles. The Kier molecular flexibility index (Phi) is 46.0. The summed E-state index contributed by atoms with van der Waals surface area (Å²) < 4.78 is 16.7. The molecule has 0 heterocycles. The lowest BCUT2D eigenvalue weighted by atomic mass is 10.1. The molecule has 0 aromatic heterocycles. The smallest absolute Gasteiger partial charge is 0.306 e. The molecule has 344 valence electrons. The first-order chi connectivity index (χ1) is 29.5. The van der Waals surface area contributed by atoms with Gasteiger partial charge in [0.2, 0.25) is 0 Å². The fourth-order valence-electron chi connectivity index (χ4n) is 6.74. The third-order valence-corrected chi connectivity index (χ3v) is 10.5. The van der Waals surface area contributed by atoms with E-state index < -0.39 is 6.10 Å². The molecule has 60 heavy (non-hydrogen) atoms. The zero-order chi connectivity index (χ0) is 43.7. The standard InChI is InChI=1S/C54H92O6/c1-4-7-10-13-16-18-20-21-22-23-24-25-26-27-28-29-30-31-32-33-34-36-38-41-44-47-53(56)59-50-51(49-58-52(55)46-43-40-37-15-12-9-6-3)60-54(57)48-45-42-39-35-19-17-14-11-8-5-2/h7,10,16,18,21-22,24-25,27-28,30-31,51H,4-6,8-9,11-15,17,19-20,23,26,29,32-50H2,1-3H3/b10-7-,18-16-,22-21-,25-24-,28-27-,31-30-. The largest absolute Gasteiger partial charge is 0.462 e. The van der Waals surface area contributed by atoms with Crippen molar-refractivity contribution in [3.63, 3.8) is 0 Å². The van der Waals surface area contributed by atoms with E-state index in [1.807, 2.05) is 0 Å². The molecule has 0 aromatic rings.